The van der Waals surface area contributed by atoms with E-state index in [0.717, 1.165) is 50.7 Å². The van der Waals surface area contributed by atoms with Crippen molar-refractivity contribution in [1.29, 1.82) is 0 Å². The van der Waals surface area contributed by atoms with Gasteiger partial charge in [0.05, 0.1) is 16.8 Å². The maximum atomic E-state index is 12.5. The summed E-state index contributed by atoms with van der Waals surface area (Å²) in [6.07, 6.45) is -3.44. The smallest absolute Gasteiger partial charge is 0.354 e. The second kappa shape index (κ2) is 6.21. The topological polar surface area (TPSA) is 32.3 Å². The number of hydrogen-bond acceptors (Lipinski definition) is 5. The summed E-state index contributed by atoms with van der Waals surface area (Å²) in [7, 11) is 0. The minimum atomic E-state index is -4.34. The van der Waals surface area contributed by atoms with Crippen molar-refractivity contribution in [2.24, 2.45) is 0 Å². The Morgan fingerprint density at radius 2 is 1.86 bits per heavy atom. The van der Waals surface area contributed by atoms with Crippen LogP contribution in [0.2, 0.25) is 0 Å². The van der Waals surface area contributed by atoms with Crippen molar-refractivity contribution in [2.75, 3.05) is 31.1 Å². The number of hydrogen-bond donors (Lipinski definition) is 0. The average molecular weight is 328 g/mol. The molecule has 1 saturated heterocycles. The van der Waals surface area contributed by atoms with Crippen LogP contribution in [0.5, 0.6) is 0 Å². The molecule has 4 nitrogen and oxygen atoms in total. The lowest BCUT2D eigenvalue weighted by Crippen LogP contribution is -2.46. The van der Waals surface area contributed by atoms with Crippen molar-refractivity contribution in [1.82, 2.24) is 14.9 Å². The summed E-state index contributed by atoms with van der Waals surface area (Å²) in [6.45, 7) is 4.02. The van der Waals surface area contributed by atoms with Crippen molar-refractivity contribution in [3.8, 4) is 0 Å². The Labute approximate surface area is 130 Å². The minimum Gasteiger partial charge on any atom is -0.354 e. The largest absolute Gasteiger partial charge is 0.417 e. The lowest BCUT2D eigenvalue weighted by atomic mass is 10.2. The van der Waals surface area contributed by atoms with Crippen LogP contribution in [0.4, 0.5) is 19.0 Å². The molecule has 1 aliphatic rings. The maximum Gasteiger partial charge on any atom is 0.417 e. The van der Waals surface area contributed by atoms with Gasteiger partial charge in [0.15, 0.2) is 0 Å². The van der Waals surface area contributed by atoms with E-state index in [0.29, 0.717) is 5.82 Å². The predicted molar refractivity (Wildman–Crippen MR) is 78.8 cm³/mol. The third-order valence-corrected chi connectivity index (χ3v) is 4.28. The fraction of sp³-hybridized carbons (Fsp3) is 0.429. The number of nitrogens with zero attached hydrogens (tertiary/aromatic N) is 4. The fourth-order valence-corrected chi connectivity index (χ4v) is 2.97. The monoisotopic (exact) mass is 328 g/mol. The summed E-state index contributed by atoms with van der Waals surface area (Å²) in [5.74, 6) is 0.598. The van der Waals surface area contributed by atoms with E-state index in [9.17, 15) is 13.2 Å². The van der Waals surface area contributed by atoms with Crippen LogP contribution < -0.4 is 4.90 Å². The molecule has 3 heterocycles. The molecule has 2 aromatic rings. The van der Waals surface area contributed by atoms with Crippen LogP contribution in [-0.2, 0) is 12.7 Å². The molecular formula is C14H15F3N4S. The lowest BCUT2D eigenvalue weighted by molar-refractivity contribution is -0.137. The van der Waals surface area contributed by atoms with E-state index in [-0.39, 0.29) is 0 Å². The summed E-state index contributed by atoms with van der Waals surface area (Å²) < 4.78 is 37.6. The van der Waals surface area contributed by atoms with Gasteiger partial charge in [-0.05, 0) is 12.1 Å². The Kier molecular flexibility index (Phi) is 4.30. The third-order valence-electron chi connectivity index (χ3n) is 3.64. The van der Waals surface area contributed by atoms with Gasteiger partial charge in [0.1, 0.15) is 5.82 Å². The van der Waals surface area contributed by atoms with E-state index in [1.165, 1.54) is 6.07 Å². The predicted octanol–water partition coefficient (Wildman–Crippen LogP) is 2.88. The Balaban J connectivity index is 1.57. The van der Waals surface area contributed by atoms with E-state index < -0.39 is 11.7 Å². The van der Waals surface area contributed by atoms with Crippen molar-refractivity contribution < 1.29 is 13.2 Å². The first-order valence-electron chi connectivity index (χ1n) is 6.90. The third kappa shape index (κ3) is 3.56. The molecule has 0 N–H and O–H groups in total. The van der Waals surface area contributed by atoms with Crippen LogP contribution in [0, 0.1) is 0 Å². The van der Waals surface area contributed by atoms with Gasteiger partial charge in [-0.25, -0.2) is 9.97 Å². The molecule has 22 heavy (non-hydrogen) atoms. The van der Waals surface area contributed by atoms with Gasteiger partial charge in [-0.3, -0.25) is 4.90 Å². The zero-order chi connectivity index (χ0) is 15.6. The molecule has 0 bridgehead atoms. The number of alkyl halides is 3. The molecule has 2 aromatic heterocycles. The normalized spacial score (nSPS) is 17.0. The quantitative estimate of drug-likeness (QED) is 0.867. The molecule has 0 spiro atoms. The van der Waals surface area contributed by atoms with Crippen LogP contribution in [0.15, 0.2) is 29.2 Å². The van der Waals surface area contributed by atoms with E-state index >= 15 is 0 Å². The fourth-order valence-electron chi connectivity index (χ4n) is 2.42. The SMILES string of the molecule is FC(F)(F)c1ccc(N2CCN(Cc3cscn3)CC2)nc1. The second-order valence-corrected chi connectivity index (χ2v) is 5.86. The van der Waals surface area contributed by atoms with Gasteiger partial charge in [0.25, 0.3) is 0 Å². The zero-order valence-electron chi connectivity index (χ0n) is 11.8. The Morgan fingerprint density at radius 1 is 1.09 bits per heavy atom. The number of aromatic nitrogens is 2. The second-order valence-electron chi connectivity index (χ2n) is 5.15. The molecule has 0 aromatic carbocycles. The van der Waals surface area contributed by atoms with Crippen molar-refractivity contribution in [3.63, 3.8) is 0 Å². The molecule has 1 aliphatic heterocycles. The van der Waals surface area contributed by atoms with Crippen LogP contribution in [0.3, 0.4) is 0 Å². The van der Waals surface area contributed by atoms with Gasteiger partial charge in [-0.15, -0.1) is 11.3 Å². The molecule has 8 heteroatoms. The van der Waals surface area contributed by atoms with E-state index in [4.69, 9.17) is 0 Å². The highest BCUT2D eigenvalue weighted by atomic mass is 32.1. The number of rotatable bonds is 3. The number of thiazole rings is 1. The molecule has 1 fully saturated rings. The standard InChI is InChI=1S/C14H15F3N4S/c15-14(16,17)11-1-2-13(18-7-11)21-5-3-20(4-6-21)8-12-9-22-10-19-12/h1-2,7,9-10H,3-6,8H2. The molecule has 0 atom stereocenters. The molecule has 0 unspecified atom stereocenters. The van der Waals surface area contributed by atoms with Gasteiger partial charge >= 0.3 is 6.18 Å². The van der Waals surface area contributed by atoms with E-state index in [2.05, 4.69) is 14.9 Å². The van der Waals surface area contributed by atoms with Gasteiger partial charge < -0.3 is 4.90 Å². The first-order chi connectivity index (χ1) is 10.5. The van der Waals surface area contributed by atoms with Gasteiger partial charge in [-0.1, -0.05) is 0 Å². The molecule has 0 saturated carbocycles. The van der Waals surface area contributed by atoms with Crippen LogP contribution in [0.1, 0.15) is 11.3 Å². The first kappa shape index (κ1) is 15.2. The summed E-state index contributed by atoms with van der Waals surface area (Å²) >= 11 is 1.58. The van der Waals surface area contributed by atoms with Crippen LogP contribution in [0.25, 0.3) is 0 Å². The molecular weight excluding hydrogens is 313 g/mol. The van der Waals surface area contributed by atoms with E-state index in [1.54, 1.807) is 11.3 Å². The zero-order valence-corrected chi connectivity index (χ0v) is 12.6. The van der Waals surface area contributed by atoms with Crippen molar-refractivity contribution in [2.45, 2.75) is 12.7 Å². The Hall–Kier alpha value is -1.67. The number of halogens is 3. The number of anilines is 1. The van der Waals surface area contributed by atoms with Crippen molar-refractivity contribution >= 4 is 17.2 Å². The summed E-state index contributed by atoms with van der Waals surface area (Å²) in [5, 5.41) is 2.03. The van der Waals surface area contributed by atoms with E-state index in [1.807, 2.05) is 15.8 Å². The van der Waals surface area contributed by atoms with Gasteiger partial charge in [-0.2, -0.15) is 13.2 Å². The summed E-state index contributed by atoms with van der Waals surface area (Å²) in [4.78, 5) is 12.5. The van der Waals surface area contributed by atoms with Crippen LogP contribution >= 0.6 is 11.3 Å². The minimum absolute atomic E-state index is 0.598. The number of piperazine rings is 1. The molecule has 0 radical (unpaired) electrons. The van der Waals surface area contributed by atoms with Gasteiger partial charge in [0, 0.05) is 44.3 Å². The molecule has 118 valence electrons. The highest BCUT2D eigenvalue weighted by Gasteiger charge is 2.31. The highest BCUT2D eigenvalue weighted by Crippen LogP contribution is 2.29. The van der Waals surface area contributed by atoms with Crippen LogP contribution in [-0.4, -0.2) is 41.0 Å². The molecule has 0 amide bonds. The summed E-state index contributed by atoms with van der Waals surface area (Å²) in [6, 6.07) is 2.53. The number of pyridine rings is 1. The Bertz CT molecular complexity index is 590. The average Bonchev–Trinajstić information content (AvgIpc) is 3.00. The first-order valence-corrected chi connectivity index (χ1v) is 7.84. The highest BCUT2D eigenvalue weighted by molar-refractivity contribution is 7.07. The Morgan fingerprint density at radius 3 is 2.41 bits per heavy atom. The maximum absolute atomic E-state index is 12.5. The lowest BCUT2D eigenvalue weighted by Gasteiger charge is -2.35. The van der Waals surface area contributed by atoms with Crippen molar-refractivity contribution in [3.05, 3.63) is 40.5 Å². The molecule has 0 aliphatic carbocycles. The molecule has 3 rings (SSSR count). The summed E-state index contributed by atoms with van der Waals surface area (Å²) in [5.41, 5.74) is 2.17. The van der Waals surface area contributed by atoms with Gasteiger partial charge in [0.2, 0.25) is 0 Å².